The third-order valence-electron chi connectivity index (χ3n) is 7.76. The third kappa shape index (κ3) is 4.54. The molecule has 7 heteroatoms. The van der Waals surface area contributed by atoms with Crippen molar-refractivity contribution in [3.05, 3.63) is 88.9 Å². The molecule has 0 amide bonds. The van der Waals surface area contributed by atoms with E-state index in [-0.39, 0.29) is 11.9 Å². The second kappa shape index (κ2) is 10.1. The molecule has 0 spiro atoms. The number of para-hydroxylation sites is 1. The standard InChI is InChI=1S/C30H33FN4O2/c1-36-22-8-9-26-24(18-22)23-11-12-32-29(30(23)33-26)20-7-10-28(37-2)21(17-20)19-34-13-15-35(16-14-34)27-6-4-3-5-25(27)31/h3-10,17-18,29,32-33H,11-16,19H2,1-2H3/t29-/m0/s1. The summed E-state index contributed by atoms with van der Waals surface area (Å²) in [6.45, 7) is 5.06. The largest absolute Gasteiger partial charge is 0.497 e. The van der Waals surface area contributed by atoms with Crippen LogP contribution in [0.1, 0.15) is 28.4 Å². The summed E-state index contributed by atoms with van der Waals surface area (Å²) in [6.07, 6.45) is 0.980. The molecule has 0 saturated carbocycles. The summed E-state index contributed by atoms with van der Waals surface area (Å²) in [5.41, 5.74) is 6.81. The van der Waals surface area contributed by atoms with Gasteiger partial charge >= 0.3 is 0 Å². The van der Waals surface area contributed by atoms with Gasteiger partial charge in [-0.2, -0.15) is 0 Å². The number of piperazine rings is 1. The zero-order valence-electron chi connectivity index (χ0n) is 21.4. The van der Waals surface area contributed by atoms with Crippen LogP contribution >= 0.6 is 0 Å². The number of rotatable bonds is 6. The van der Waals surface area contributed by atoms with Crippen molar-refractivity contribution in [2.45, 2.75) is 19.0 Å². The number of halogens is 1. The molecule has 6 nitrogen and oxygen atoms in total. The van der Waals surface area contributed by atoms with Crippen molar-refractivity contribution in [1.29, 1.82) is 0 Å². The van der Waals surface area contributed by atoms with E-state index in [1.807, 2.05) is 18.2 Å². The number of methoxy groups -OCH3 is 2. The molecule has 4 aromatic rings. The fraction of sp³-hybridized carbons (Fsp3) is 0.333. The molecule has 6 rings (SSSR count). The summed E-state index contributed by atoms with van der Waals surface area (Å²) in [5, 5.41) is 4.96. The molecule has 1 saturated heterocycles. The van der Waals surface area contributed by atoms with Gasteiger partial charge in [0.1, 0.15) is 17.3 Å². The molecule has 0 aliphatic carbocycles. The third-order valence-corrected chi connectivity index (χ3v) is 7.76. The van der Waals surface area contributed by atoms with Gasteiger partial charge in [-0.05, 0) is 60.0 Å². The predicted octanol–water partition coefficient (Wildman–Crippen LogP) is 4.88. The van der Waals surface area contributed by atoms with Crippen LogP contribution in [0, 0.1) is 5.82 Å². The van der Waals surface area contributed by atoms with Crippen LogP contribution in [-0.2, 0) is 13.0 Å². The Labute approximate surface area is 217 Å². The van der Waals surface area contributed by atoms with Crippen LogP contribution in [0.4, 0.5) is 10.1 Å². The average Bonchev–Trinajstić information content (AvgIpc) is 3.32. The molecule has 192 valence electrons. The average molecular weight is 501 g/mol. The number of fused-ring (bicyclic) bond motifs is 3. The lowest BCUT2D eigenvalue weighted by Gasteiger charge is -2.36. The molecule has 1 fully saturated rings. The number of hydrogen-bond acceptors (Lipinski definition) is 5. The van der Waals surface area contributed by atoms with Crippen molar-refractivity contribution in [2.75, 3.05) is 51.8 Å². The summed E-state index contributed by atoms with van der Waals surface area (Å²) in [7, 11) is 3.44. The summed E-state index contributed by atoms with van der Waals surface area (Å²) >= 11 is 0. The normalized spacial score (nSPS) is 18.1. The molecule has 0 radical (unpaired) electrons. The SMILES string of the molecule is COc1ccc2[nH]c3c(c2c1)CCN[C@H]3c1ccc(OC)c(CN2CCN(c3ccccc3F)CC2)c1. The van der Waals surface area contributed by atoms with Crippen LogP contribution in [0.3, 0.4) is 0 Å². The van der Waals surface area contributed by atoms with Crippen LogP contribution in [0.25, 0.3) is 10.9 Å². The van der Waals surface area contributed by atoms with Crippen LogP contribution < -0.4 is 19.7 Å². The van der Waals surface area contributed by atoms with Crippen LogP contribution in [0.5, 0.6) is 11.5 Å². The maximum Gasteiger partial charge on any atom is 0.146 e. The van der Waals surface area contributed by atoms with Crippen molar-refractivity contribution in [3.63, 3.8) is 0 Å². The molecule has 2 N–H and O–H groups in total. The lowest BCUT2D eigenvalue weighted by Crippen LogP contribution is -2.46. The monoisotopic (exact) mass is 500 g/mol. The van der Waals surface area contributed by atoms with Gasteiger partial charge in [-0.25, -0.2) is 4.39 Å². The first-order valence-electron chi connectivity index (χ1n) is 12.9. The van der Waals surface area contributed by atoms with Crippen molar-refractivity contribution in [2.24, 2.45) is 0 Å². The first-order valence-corrected chi connectivity index (χ1v) is 12.9. The van der Waals surface area contributed by atoms with Gasteiger partial charge in [-0.15, -0.1) is 0 Å². The van der Waals surface area contributed by atoms with E-state index in [1.165, 1.54) is 33.8 Å². The van der Waals surface area contributed by atoms with Crippen LogP contribution in [0.15, 0.2) is 60.7 Å². The summed E-state index contributed by atoms with van der Waals surface area (Å²) in [5.74, 6) is 1.63. The van der Waals surface area contributed by atoms with Crippen LogP contribution in [0.2, 0.25) is 0 Å². The van der Waals surface area contributed by atoms with Crippen molar-refractivity contribution < 1.29 is 13.9 Å². The van der Waals surface area contributed by atoms with Gasteiger partial charge in [0.2, 0.25) is 0 Å². The van der Waals surface area contributed by atoms with Gasteiger partial charge in [0.15, 0.2) is 0 Å². The highest BCUT2D eigenvalue weighted by molar-refractivity contribution is 5.86. The summed E-state index contributed by atoms with van der Waals surface area (Å²) in [4.78, 5) is 8.24. The van der Waals surface area contributed by atoms with E-state index in [4.69, 9.17) is 9.47 Å². The highest BCUT2D eigenvalue weighted by Crippen LogP contribution is 2.36. The summed E-state index contributed by atoms with van der Waals surface area (Å²) in [6, 6.07) is 19.9. The Balaban J connectivity index is 1.23. The molecule has 0 bridgehead atoms. The molecule has 3 aromatic carbocycles. The number of ether oxygens (including phenoxy) is 2. The fourth-order valence-electron chi connectivity index (χ4n) is 5.82. The number of aromatic amines is 1. The molecule has 3 heterocycles. The minimum Gasteiger partial charge on any atom is -0.497 e. The highest BCUT2D eigenvalue weighted by atomic mass is 19.1. The number of hydrogen-bond donors (Lipinski definition) is 2. The minimum atomic E-state index is -0.153. The maximum atomic E-state index is 14.3. The van der Waals surface area contributed by atoms with E-state index >= 15 is 0 Å². The van der Waals surface area contributed by atoms with E-state index < -0.39 is 0 Å². The Morgan fingerprint density at radius 3 is 2.57 bits per heavy atom. The van der Waals surface area contributed by atoms with Gasteiger partial charge in [0, 0.05) is 61.4 Å². The Morgan fingerprint density at radius 1 is 0.946 bits per heavy atom. The maximum absolute atomic E-state index is 14.3. The fourth-order valence-corrected chi connectivity index (χ4v) is 5.82. The second-order valence-corrected chi connectivity index (χ2v) is 9.85. The minimum absolute atomic E-state index is 0.0877. The molecular formula is C30H33FN4O2. The van der Waals surface area contributed by atoms with E-state index in [2.05, 4.69) is 50.4 Å². The number of nitrogens with zero attached hydrogens (tertiary/aromatic N) is 2. The molecular weight excluding hydrogens is 467 g/mol. The molecule has 2 aliphatic heterocycles. The van der Waals surface area contributed by atoms with Gasteiger partial charge in [-0.1, -0.05) is 18.2 Å². The Kier molecular flexibility index (Phi) is 6.49. The second-order valence-electron chi connectivity index (χ2n) is 9.85. The molecule has 1 atom stereocenters. The quantitative estimate of drug-likeness (QED) is 0.395. The van der Waals surface area contributed by atoms with Gasteiger partial charge in [0.25, 0.3) is 0 Å². The van der Waals surface area contributed by atoms with Crippen molar-refractivity contribution in [3.8, 4) is 11.5 Å². The Hall–Kier alpha value is -3.55. The first-order chi connectivity index (χ1) is 18.1. The van der Waals surface area contributed by atoms with E-state index in [0.717, 1.165) is 62.7 Å². The first kappa shape index (κ1) is 23.8. The van der Waals surface area contributed by atoms with Crippen molar-refractivity contribution in [1.82, 2.24) is 15.2 Å². The number of aromatic nitrogens is 1. The zero-order chi connectivity index (χ0) is 25.4. The van der Waals surface area contributed by atoms with Gasteiger partial charge in [-0.3, -0.25) is 4.90 Å². The number of benzene rings is 3. The Morgan fingerprint density at radius 2 is 1.78 bits per heavy atom. The van der Waals surface area contributed by atoms with Gasteiger partial charge in [0.05, 0.1) is 25.9 Å². The zero-order valence-corrected chi connectivity index (χ0v) is 21.4. The Bertz CT molecular complexity index is 1410. The lowest BCUT2D eigenvalue weighted by atomic mass is 9.93. The lowest BCUT2D eigenvalue weighted by molar-refractivity contribution is 0.245. The highest BCUT2D eigenvalue weighted by Gasteiger charge is 2.27. The van der Waals surface area contributed by atoms with Crippen molar-refractivity contribution >= 4 is 16.6 Å². The number of H-pyrrole nitrogens is 1. The molecule has 0 unspecified atom stereocenters. The molecule has 37 heavy (non-hydrogen) atoms. The van der Waals surface area contributed by atoms with Crippen LogP contribution in [-0.4, -0.2) is 56.8 Å². The molecule has 1 aromatic heterocycles. The van der Waals surface area contributed by atoms with E-state index in [1.54, 1.807) is 20.3 Å². The van der Waals surface area contributed by atoms with E-state index in [0.29, 0.717) is 5.69 Å². The molecule has 2 aliphatic rings. The number of anilines is 1. The topological polar surface area (TPSA) is 52.8 Å². The predicted molar refractivity (Wildman–Crippen MR) is 145 cm³/mol. The van der Waals surface area contributed by atoms with E-state index in [9.17, 15) is 4.39 Å². The smallest absolute Gasteiger partial charge is 0.146 e. The summed E-state index contributed by atoms with van der Waals surface area (Å²) < 4.78 is 25.5. The number of nitrogens with one attached hydrogen (secondary N) is 2. The van der Waals surface area contributed by atoms with Gasteiger partial charge < -0.3 is 24.7 Å².